The average molecular weight is 705 g/mol. The molecule has 3 heterocycles. The minimum absolute atomic E-state index is 0.0605. The standard InChI is InChI=1S/C36H41FN6O6S/c1-21(2)30-16-29-33(49-30)39-19-26(40-29)18-38-25(13-14-36(5,6)37)20-48-31-17-28(32-22(3)9-7-10-23(32)4)41-35(42-31)43-50(46,47)27-12-8-11-24(15-27)34(44)45/h7-12,15-17,19,21,25,38H,13-14,18,20H2,1-6H3,(H,44,45)(H,41,42,43). The second-order valence-electron chi connectivity index (χ2n) is 13.1. The van der Waals surface area contributed by atoms with E-state index in [2.05, 4.69) is 30.0 Å². The molecule has 0 bridgehead atoms. The van der Waals surface area contributed by atoms with Crippen molar-refractivity contribution in [2.24, 2.45) is 0 Å². The van der Waals surface area contributed by atoms with Gasteiger partial charge in [0.1, 0.15) is 23.6 Å². The zero-order chi connectivity index (χ0) is 36.2. The van der Waals surface area contributed by atoms with Crippen LogP contribution in [-0.4, -0.2) is 57.7 Å². The lowest BCUT2D eigenvalue weighted by atomic mass is 10.00. The average Bonchev–Trinajstić information content (AvgIpc) is 3.48. The number of carboxylic acid groups (broad SMARTS) is 1. The third kappa shape index (κ3) is 9.18. The molecule has 0 amide bonds. The Morgan fingerprint density at radius 2 is 1.76 bits per heavy atom. The van der Waals surface area contributed by atoms with E-state index in [0.29, 0.717) is 35.6 Å². The first kappa shape index (κ1) is 36.3. The molecule has 14 heteroatoms. The number of anilines is 1. The van der Waals surface area contributed by atoms with Crippen molar-refractivity contribution in [1.82, 2.24) is 25.3 Å². The maximum Gasteiger partial charge on any atom is 0.335 e. The van der Waals surface area contributed by atoms with Crippen LogP contribution < -0.4 is 14.8 Å². The number of alkyl halides is 1. The van der Waals surface area contributed by atoms with Crippen molar-refractivity contribution in [3.05, 3.63) is 88.9 Å². The number of carbonyl (C=O) groups is 1. The Bertz CT molecular complexity index is 2090. The molecule has 1 atom stereocenters. The molecule has 3 aromatic heterocycles. The molecule has 1 unspecified atom stereocenters. The summed E-state index contributed by atoms with van der Waals surface area (Å²) < 4.78 is 55.7. The zero-order valence-corrected chi connectivity index (χ0v) is 29.6. The summed E-state index contributed by atoms with van der Waals surface area (Å²) in [6, 6.07) is 13.9. The predicted octanol–water partition coefficient (Wildman–Crippen LogP) is 6.98. The van der Waals surface area contributed by atoms with Gasteiger partial charge in [0.2, 0.25) is 17.5 Å². The maximum absolute atomic E-state index is 14.6. The molecule has 0 spiro atoms. The Morgan fingerprint density at radius 1 is 1.04 bits per heavy atom. The van der Waals surface area contributed by atoms with E-state index in [-0.39, 0.29) is 47.3 Å². The van der Waals surface area contributed by atoms with Crippen LogP contribution in [0.15, 0.2) is 70.1 Å². The molecular formula is C36H41FN6O6S. The summed E-state index contributed by atoms with van der Waals surface area (Å²) in [7, 11) is -4.29. The van der Waals surface area contributed by atoms with Crippen molar-refractivity contribution in [1.29, 1.82) is 0 Å². The number of hydrogen-bond acceptors (Lipinski definition) is 10. The molecule has 50 heavy (non-hydrogen) atoms. The number of furan rings is 1. The first-order valence-corrected chi connectivity index (χ1v) is 17.7. The molecule has 0 aliphatic carbocycles. The van der Waals surface area contributed by atoms with Gasteiger partial charge in [-0.3, -0.25) is 0 Å². The Labute approximate surface area is 290 Å². The van der Waals surface area contributed by atoms with Gasteiger partial charge in [-0.1, -0.05) is 38.1 Å². The first-order chi connectivity index (χ1) is 23.6. The van der Waals surface area contributed by atoms with E-state index in [1.54, 1.807) is 12.3 Å². The molecule has 3 N–H and O–H groups in total. The minimum atomic E-state index is -4.29. The van der Waals surface area contributed by atoms with E-state index in [1.807, 2.05) is 52.0 Å². The molecule has 12 nitrogen and oxygen atoms in total. The van der Waals surface area contributed by atoms with Gasteiger partial charge in [-0.05, 0) is 69.9 Å². The van der Waals surface area contributed by atoms with Gasteiger partial charge < -0.3 is 19.6 Å². The van der Waals surface area contributed by atoms with Crippen LogP contribution in [0.25, 0.3) is 22.5 Å². The fourth-order valence-corrected chi connectivity index (χ4v) is 6.30. The zero-order valence-electron chi connectivity index (χ0n) is 28.8. The van der Waals surface area contributed by atoms with Gasteiger partial charge in [-0.2, -0.15) is 4.98 Å². The molecule has 5 rings (SSSR count). The van der Waals surface area contributed by atoms with Gasteiger partial charge in [0.05, 0.1) is 28.0 Å². The summed E-state index contributed by atoms with van der Waals surface area (Å²) in [5.41, 5.74) is 3.16. The van der Waals surface area contributed by atoms with Gasteiger partial charge in [-0.15, -0.1) is 0 Å². The fourth-order valence-electron chi connectivity index (χ4n) is 5.31. The van der Waals surface area contributed by atoms with Crippen LogP contribution in [0.4, 0.5) is 10.3 Å². The molecule has 264 valence electrons. The Balaban J connectivity index is 1.42. The number of hydrogen-bond donors (Lipinski definition) is 3. The minimum Gasteiger partial charge on any atom is -0.478 e. The number of nitrogens with one attached hydrogen (secondary N) is 2. The highest BCUT2D eigenvalue weighted by atomic mass is 32.2. The lowest BCUT2D eigenvalue weighted by molar-refractivity contribution is 0.0696. The highest BCUT2D eigenvalue weighted by Gasteiger charge is 2.23. The molecule has 0 saturated heterocycles. The summed E-state index contributed by atoms with van der Waals surface area (Å²) in [6.45, 7) is 11.3. The second kappa shape index (κ2) is 14.9. The number of sulfonamides is 1. The number of nitrogens with zero attached hydrogens (tertiary/aromatic N) is 4. The SMILES string of the molecule is Cc1cccc(C)c1-c1cc(OCC(CCC(C)(C)F)NCc2cnc3oc(C(C)C)cc3n2)nc(NS(=O)(=O)c2cccc(C(=O)O)c2)n1. The van der Waals surface area contributed by atoms with E-state index in [4.69, 9.17) is 9.15 Å². The highest BCUT2D eigenvalue weighted by Crippen LogP contribution is 2.30. The van der Waals surface area contributed by atoms with Crippen molar-refractivity contribution < 1.29 is 31.9 Å². The third-order valence-corrected chi connectivity index (χ3v) is 9.35. The van der Waals surface area contributed by atoms with Crippen molar-refractivity contribution in [3.63, 3.8) is 0 Å². The van der Waals surface area contributed by atoms with Crippen LogP contribution in [0, 0.1) is 13.8 Å². The molecular weight excluding hydrogens is 663 g/mol. The van der Waals surface area contributed by atoms with Crippen LogP contribution in [0.2, 0.25) is 0 Å². The first-order valence-electron chi connectivity index (χ1n) is 16.2. The number of benzene rings is 2. The van der Waals surface area contributed by atoms with Crippen LogP contribution in [-0.2, 0) is 16.6 Å². The van der Waals surface area contributed by atoms with Gasteiger partial charge >= 0.3 is 5.97 Å². The maximum atomic E-state index is 14.6. The van der Waals surface area contributed by atoms with Crippen molar-refractivity contribution in [2.75, 3.05) is 11.3 Å². The van der Waals surface area contributed by atoms with Gasteiger partial charge in [0.25, 0.3) is 10.0 Å². The van der Waals surface area contributed by atoms with E-state index < -0.39 is 21.7 Å². The van der Waals surface area contributed by atoms with Crippen molar-refractivity contribution in [2.45, 2.75) is 83.5 Å². The number of fused-ring (bicyclic) bond motifs is 1. The number of ether oxygens (including phenoxy) is 1. The predicted molar refractivity (Wildman–Crippen MR) is 188 cm³/mol. The van der Waals surface area contributed by atoms with E-state index in [9.17, 15) is 22.7 Å². The lowest BCUT2D eigenvalue weighted by Gasteiger charge is -2.22. The van der Waals surface area contributed by atoms with Crippen molar-refractivity contribution >= 4 is 33.2 Å². The molecule has 2 aromatic carbocycles. The fraction of sp³-hybridized carbons (Fsp3) is 0.361. The lowest BCUT2D eigenvalue weighted by Crippen LogP contribution is -2.36. The Morgan fingerprint density at radius 3 is 2.44 bits per heavy atom. The molecule has 0 radical (unpaired) electrons. The van der Waals surface area contributed by atoms with Crippen LogP contribution in [0.3, 0.4) is 0 Å². The molecule has 0 aliphatic heterocycles. The van der Waals surface area contributed by atoms with Crippen molar-refractivity contribution in [3.8, 4) is 17.1 Å². The third-order valence-electron chi connectivity index (χ3n) is 8.02. The molecule has 0 fully saturated rings. The summed E-state index contributed by atoms with van der Waals surface area (Å²) >= 11 is 0. The Kier molecular flexibility index (Phi) is 10.8. The van der Waals surface area contributed by atoms with Gasteiger partial charge in [0.15, 0.2) is 0 Å². The topological polar surface area (TPSA) is 169 Å². The number of carboxylic acids is 1. The summed E-state index contributed by atoms with van der Waals surface area (Å²) in [5.74, 6) is -0.461. The largest absolute Gasteiger partial charge is 0.478 e. The van der Waals surface area contributed by atoms with Crippen LogP contribution in [0.1, 0.15) is 79.4 Å². The number of aromatic carboxylic acids is 1. The van der Waals surface area contributed by atoms with Crippen LogP contribution >= 0.6 is 0 Å². The highest BCUT2D eigenvalue weighted by molar-refractivity contribution is 7.92. The Hall–Kier alpha value is -4.95. The number of aromatic nitrogens is 4. The summed E-state index contributed by atoms with van der Waals surface area (Å²) in [6.07, 6.45) is 2.29. The van der Waals surface area contributed by atoms with Gasteiger partial charge in [-0.25, -0.2) is 37.3 Å². The molecule has 0 aliphatic rings. The molecule has 0 saturated carbocycles. The smallest absolute Gasteiger partial charge is 0.335 e. The van der Waals surface area contributed by atoms with E-state index in [0.717, 1.165) is 28.5 Å². The van der Waals surface area contributed by atoms with E-state index >= 15 is 0 Å². The van der Waals surface area contributed by atoms with Crippen LogP contribution in [0.5, 0.6) is 5.88 Å². The second-order valence-corrected chi connectivity index (χ2v) is 14.8. The molecule has 5 aromatic rings. The van der Waals surface area contributed by atoms with E-state index in [1.165, 1.54) is 32.0 Å². The number of aryl methyl sites for hydroxylation is 2. The summed E-state index contributed by atoms with van der Waals surface area (Å²) in [4.78, 5) is 29.2. The number of rotatable bonds is 15. The monoisotopic (exact) mass is 704 g/mol. The number of halogens is 1. The quantitative estimate of drug-likeness (QED) is 0.103. The summed E-state index contributed by atoms with van der Waals surface area (Å²) in [5, 5.41) is 12.8. The van der Waals surface area contributed by atoms with Gasteiger partial charge in [0, 0.05) is 36.2 Å². The normalized spacial score (nSPS) is 12.7.